The molecular formula is C28H28N4O6S. The molecule has 0 radical (unpaired) electrons. The molecule has 0 saturated heterocycles. The first-order valence-electron chi connectivity index (χ1n) is 12.0. The molecule has 0 fully saturated rings. The Kier molecular flexibility index (Phi) is 8.01. The summed E-state index contributed by atoms with van der Waals surface area (Å²) in [4.78, 5) is 31.8. The fraction of sp³-hybridized carbons (Fsp3) is 0.179. The predicted octanol–water partition coefficient (Wildman–Crippen LogP) is 3.73. The van der Waals surface area contributed by atoms with Gasteiger partial charge in [-0.1, -0.05) is 36.4 Å². The van der Waals surface area contributed by atoms with Crippen LogP contribution in [0.5, 0.6) is 5.88 Å². The monoisotopic (exact) mass is 548 g/mol. The van der Waals surface area contributed by atoms with Gasteiger partial charge in [-0.2, -0.15) is 0 Å². The smallest absolute Gasteiger partial charge is 0.337 e. The molecule has 0 bridgehead atoms. The number of aromatic nitrogens is 1. The molecule has 1 heterocycles. The number of carbonyl (C=O) groups is 2. The summed E-state index contributed by atoms with van der Waals surface area (Å²) in [6.45, 7) is 1.79. The number of hydrogen-bond acceptors (Lipinski definition) is 7. The van der Waals surface area contributed by atoms with Gasteiger partial charge in [-0.25, -0.2) is 18.2 Å². The zero-order chi connectivity index (χ0) is 28.2. The maximum absolute atomic E-state index is 12.4. The minimum Gasteiger partial charge on any atom is -0.494 e. The van der Waals surface area contributed by atoms with Crippen LogP contribution in [0.2, 0.25) is 0 Å². The van der Waals surface area contributed by atoms with Gasteiger partial charge in [-0.3, -0.25) is 9.10 Å². The molecule has 10 nitrogen and oxygen atoms in total. The number of aromatic hydroxyl groups is 1. The van der Waals surface area contributed by atoms with Crippen LogP contribution in [0.3, 0.4) is 0 Å². The molecule has 11 heteroatoms. The first kappa shape index (κ1) is 27.4. The van der Waals surface area contributed by atoms with Crippen molar-refractivity contribution >= 4 is 49.9 Å². The SMILES string of the molecule is CCNC(=O)CN(c1ccc(N=C(c2ccccc2)c2c(O)[nH]c3cc(C(=O)OC)ccc23)cc1)S(C)(=O)=O. The summed E-state index contributed by atoms with van der Waals surface area (Å²) in [6.07, 6.45) is 1.04. The minimum atomic E-state index is -3.72. The fourth-order valence-corrected chi connectivity index (χ4v) is 4.99. The quantitative estimate of drug-likeness (QED) is 0.215. The summed E-state index contributed by atoms with van der Waals surface area (Å²) in [5.74, 6) is -1.04. The molecule has 0 spiro atoms. The number of rotatable bonds is 9. The van der Waals surface area contributed by atoms with Gasteiger partial charge < -0.3 is 20.1 Å². The standard InChI is InChI=1S/C28H28N4O6S/c1-4-29-24(33)17-32(39(3,36)37)21-13-11-20(12-14-21)30-26(18-8-6-5-7-9-18)25-22-15-10-19(28(35)38-2)16-23(22)31-27(25)34/h5-16,31,34H,4,17H2,1-3H3,(H,29,33). The fourth-order valence-electron chi connectivity index (χ4n) is 4.13. The lowest BCUT2D eigenvalue weighted by molar-refractivity contribution is -0.119. The number of hydrogen-bond donors (Lipinski definition) is 3. The van der Waals surface area contributed by atoms with Gasteiger partial charge in [0.25, 0.3) is 0 Å². The highest BCUT2D eigenvalue weighted by Gasteiger charge is 2.22. The Morgan fingerprint density at radius 1 is 1.03 bits per heavy atom. The average molecular weight is 549 g/mol. The van der Waals surface area contributed by atoms with Gasteiger partial charge in [0.05, 0.1) is 41.6 Å². The molecule has 202 valence electrons. The molecule has 1 aromatic heterocycles. The molecule has 4 aromatic rings. The zero-order valence-electron chi connectivity index (χ0n) is 21.6. The number of fused-ring (bicyclic) bond motifs is 1. The number of H-pyrrole nitrogens is 1. The third-order valence-corrected chi connectivity index (χ3v) is 7.06. The van der Waals surface area contributed by atoms with Crippen molar-refractivity contribution < 1.29 is 27.9 Å². The van der Waals surface area contributed by atoms with Gasteiger partial charge in [0.1, 0.15) is 6.54 Å². The third-order valence-electron chi connectivity index (χ3n) is 5.92. The Bertz CT molecular complexity index is 1640. The number of aliphatic imine (C=N–C) groups is 1. The number of nitrogens with one attached hydrogen (secondary N) is 2. The maximum Gasteiger partial charge on any atom is 0.337 e. The topological polar surface area (TPSA) is 141 Å². The van der Waals surface area contributed by atoms with Crippen LogP contribution < -0.4 is 9.62 Å². The first-order valence-corrected chi connectivity index (χ1v) is 13.9. The van der Waals surface area contributed by atoms with E-state index in [0.717, 1.165) is 16.1 Å². The summed E-state index contributed by atoms with van der Waals surface area (Å²) in [5.41, 5.74) is 3.28. The van der Waals surface area contributed by atoms with Crippen molar-refractivity contribution in [1.82, 2.24) is 10.3 Å². The molecule has 1 amide bonds. The Morgan fingerprint density at radius 2 is 1.72 bits per heavy atom. The lowest BCUT2D eigenvalue weighted by Crippen LogP contribution is -2.40. The van der Waals surface area contributed by atoms with Crippen LogP contribution >= 0.6 is 0 Å². The lowest BCUT2D eigenvalue weighted by atomic mass is 10.00. The number of likely N-dealkylation sites (N-methyl/N-ethyl adjacent to an activating group) is 1. The highest BCUT2D eigenvalue weighted by molar-refractivity contribution is 7.92. The van der Waals surface area contributed by atoms with Gasteiger partial charge in [-0.15, -0.1) is 0 Å². The first-order chi connectivity index (χ1) is 18.6. The molecule has 0 aliphatic heterocycles. The van der Waals surface area contributed by atoms with Gasteiger partial charge in [0, 0.05) is 23.0 Å². The Hall–Kier alpha value is -4.64. The van der Waals surface area contributed by atoms with Crippen LogP contribution in [0.15, 0.2) is 77.8 Å². The lowest BCUT2D eigenvalue weighted by Gasteiger charge is -2.21. The molecular weight excluding hydrogens is 520 g/mol. The largest absolute Gasteiger partial charge is 0.494 e. The predicted molar refractivity (Wildman–Crippen MR) is 150 cm³/mol. The van der Waals surface area contributed by atoms with Crippen LogP contribution in [0.1, 0.15) is 28.4 Å². The van der Waals surface area contributed by atoms with Gasteiger partial charge >= 0.3 is 5.97 Å². The van der Waals surface area contributed by atoms with Crippen LogP contribution in [0.25, 0.3) is 10.9 Å². The highest BCUT2D eigenvalue weighted by Crippen LogP contribution is 2.32. The highest BCUT2D eigenvalue weighted by atomic mass is 32.2. The van der Waals surface area contributed by atoms with Crippen molar-refractivity contribution in [3.8, 4) is 5.88 Å². The van der Waals surface area contributed by atoms with E-state index in [1.54, 1.807) is 49.4 Å². The number of aromatic amines is 1. The van der Waals surface area contributed by atoms with Crippen molar-refractivity contribution in [1.29, 1.82) is 0 Å². The summed E-state index contributed by atoms with van der Waals surface area (Å²) in [7, 11) is -2.42. The van der Waals surface area contributed by atoms with Crippen molar-refractivity contribution in [3.05, 3.63) is 89.5 Å². The molecule has 0 aliphatic carbocycles. The van der Waals surface area contributed by atoms with Crippen molar-refractivity contribution in [2.45, 2.75) is 6.92 Å². The zero-order valence-corrected chi connectivity index (χ0v) is 22.5. The van der Waals surface area contributed by atoms with Gasteiger partial charge in [0.2, 0.25) is 15.9 Å². The Morgan fingerprint density at radius 3 is 2.33 bits per heavy atom. The maximum atomic E-state index is 12.4. The van der Waals surface area contributed by atoms with Crippen LogP contribution in [-0.2, 0) is 19.6 Å². The number of ether oxygens (including phenoxy) is 1. The molecule has 0 atom stereocenters. The van der Waals surface area contributed by atoms with E-state index in [1.165, 1.54) is 7.11 Å². The van der Waals surface area contributed by atoms with Crippen molar-refractivity contribution in [2.24, 2.45) is 4.99 Å². The van der Waals surface area contributed by atoms with E-state index >= 15 is 0 Å². The Balaban J connectivity index is 1.79. The van der Waals surface area contributed by atoms with Crippen molar-refractivity contribution in [2.75, 3.05) is 30.8 Å². The normalized spacial score (nSPS) is 11.8. The second kappa shape index (κ2) is 11.4. The summed E-state index contributed by atoms with van der Waals surface area (Å²) in [6, 6.07) is 20.6. The number of methoxy groups -OCH3 is 1. The summed E-state index contributed by atoms with van der Waals surface area (Å²) >= 11 is 0. The number of amides is 1. The van der Waals surface area contributed by atoms with E-state index in [1.807, 2.05) is 30.3 Å². The van der Waals surface area contributed by atoms with E-state index in [0.29, 0.717) is 45.7 Å². The van der Waals surface area contributed by atoms with Gasteiger partial charge in [-0.05, 0) is 43.3 Å². The summed E-state index contributed by atoms with van der Waals surface area (Å²) in [5, 5.41) is 14.1. The van der Waals surface area contributed by atoms with E-state index in [4.69, 9.17) is 9.73 Å². The summed E-state index contributed by atoms with van der Waals surface area (Å²) < 4.78 is 30.6. The molecule has 3 aromatic carbocycles. The number of nitrogens with zero attached hydrogens (tertiary/aromatic N) is 2. The number of sulfonamides is 1. The number of benzene rings is 3. The average Bonchev–Trinajstić information content (AvgIpc) is 3.25. The van der Waals surface area contributed by atoms with Gasteiger partial charge in [0.15, 0.2) is 5.88 Å². The number of esters is 1. The Labute approximate surface area is 226 Å². The molecule has 0 aliphatic rings. The van der Waals surface area contributed by atoms with E-state index in [9.17, 15) is 23.1 Å². The molecule has 0 saturated carbocycles. The second-order valence-corrected chi connectivity index (χ2v) is 10.6. The van der Waals surface area contributed by atoms with E-state index < -0.39 is 21.9 Å². The third kappa shape index (κ3) is 6.10. The van der Waals surface area contributed by atoms with E-state index in [-0.39, 0.29) is 12.4 Å². The minimum absolute atomic E-state index is 0.128. The molecule has 3 N–H and O–H groups in total. The van der Waals surface area contributed by atoms with Crippen molar-refractivity contribution in [3.63, 3.8) is 0 Å². The number of carbonyl (C=O) groups excluding carboxylic acids is 2. The molecule has 0 unspecified atom stereocenters. The van der Waals surface area contributed by atoms with E-state index in [2.05, 4.69) is 10.3 Å². The van der Waals surface area contributed by atoms with Crippen LogP contribution in [0, 0.1) is 0 Å². The second-order valence-electron chi connectivity index (χ2n) is 8.67. The molecule has 4 rings (SSSR count). The number of anilines is 1. The molecule has 39 heavy (non-hydrogen) atoms. The van der Waals surface area contributed by atoms with Crippen LogP contribution in [-0.4, -0.2) is 62.6 Å². The van der Waals surface area contributed by atoms with Crippen LogP contribution in [0.4, 0.5) is 11.4 Å².